The number of sulfonamides is 1. The topological polar surface area (TPSA) is 135 Å². The zero-order valence-electron chi connectivity index (χ0n) is 24.2. The molecular weight excluding hydrogens is 581 g/mol. The van der Waals surface area contributed by atoms with Crippen LogP contribution in [0.3, 0.4) is 0 Å². The first-order chi connectivity index (χ1) is 21.2. The Hall–Kier alpha value is -4.39. The number of benzene rings is 1. The number of pyridine rings is 3. The van der Waals surface area contributed by atoms with Gasteiger partial charge < -0.3 is 9.72 Å². The highest BCUT2D eigenvalue weighted by Gasteiger charge is 2.35. The summed E-state index contributed by atoms with van der Waals surface area (Å²) in [6.45, 7) is 2.69. The minimum absolute atomic E-state index is 0.0453. The van der Waals surface area contributed by atoms with E-state index in [1.165, 1.54) is 12.1 Å². The molecule has 0 amide bonds. The van der Waals surface area contributed by atoms with Crippen LogP contribution in [-0.2, 0) is 21.3 Å². The van der Waals surface area contributed by atoms with E-state index in [-0.39, 0.29) is 18.7 Å². The molecule has 0 radical (unpaired) electrons. The number of aryl methyl sites for hydroxylation is 1. The van der Waals surface area contributed by atoms with Gasteiger partial charge in [-0.3, -0.25) is 19.9 Å². The van der Waals surface area contributed by atoms with Crippen LogP contribution >= 0.6 is 0 Å². The number of H-pyrrole nitrogens is 1. The van der Waals surface area contributed by atoms with Crippen molar-refractivity contribution in [2.24, 2.45) is 4.99 Å². The van der Waals surface area contributed by atoms with E-state index in [1.54, 1.807) is 18.5 Å². The predicted molar refractivity (Wildman–Crippen MR) is 165 cm³/mol. The van der Waals surface area contributed by atoms with Gasteiger partial charge in [-0.2, -0.15) is 0 Å². The Labute approximate surface area is 253 Å². The van der Waals surface area contributed by atoms with Crippen LogP contribution in [0.25, 0.3) is 33.5 Å². The first-order valence-corrected chi connectivity index (χ1v) is 16.3. The lowest BCUT2D eigenvalue weighted by molar-refractivity contribution is 0.00113. The molecule has 2 aliphatic rings. The number of ether oxygens (including phenoxy) is 1. The van der Waals surface area contributed by atoms with Crippen molar-refractivity contribution in [2.75, 3.05) is 12.9 Å². The highest BCUT2D eigenvalue weighted by molar-refractivity contribution is 7.88. The third-order valence-corrected chi connectivity index (χ3v) is 8.72. The summed E-state index contributed by atoms with van der Waals surface area (Å²) in [5, 5.41) is 0. The Morgan fingerprint density at radius 1 is 1.07 bits per heavy atom. The van der Waals surface area contributed by atoms with Gasteiger partial charge in [-0.15, -0.1) is 0 Å². The molecule has 0 spiro atoms. The molecule has 2 aliphatic heterocycles. The number of fused-ring (bicyclic) bond motifs is 2. The summed E-state index contributed by atoms with van der Waals surface area (Å²) in [6.07, 6.45) is 11.1. The van der Waals surface area contributed by atoms with Crippen LogP contribution < -0.4 is 4.72 Å². The molecule has 5 aromatic rings. The van der Waals surface area contributed by atoms with Gasteiger partial charge in [0.05, 0.1) is 29.3 Å². The normalized spacial score (nSPS) is 18.4. The lowest BCUT2D eigenvalue weighted by Gasteiger charge is -2.26. The monoisotopic (exact) mass is 611 g/mol. The van der Waals surface area contributed by atoms with Crippen LogP contribution in [0.5, 0.6) is 0 Å². The molecular formula is C32H30FN7O3S. The van der Waals surface area contributed by atoms with Crippen molar-refractivity contribution in [3.05, 3.63) is 95.1 Å². The number of nitrogens with one attached hydrogen (secondary N) is 2. The smallest absolute Gasteiger partial charge is 0.209 e. The Morgan fingerprint density at radius 3 is 2.75 bits per heavy atom. The summed E-state index contributed by atoms with van der Waals surface area (Å²) < 4.78 is 46.5. The van der Waals surface area contributed by atoms with Crippen LogP contribution in [0.15, 0.2) is 66.2 Å². The van der Waals surface area contributed by atoms with Gasteiger partial charge in [0, 0.05) is 60.2 Å². The quantitative estimate of drug-likeness (QED) is 0.263. The molecule has 1 saturated heterocycles. The Balaban J connectivity index is 1.33. The van der Waals surface area contributed by atoms with E-state index >= 15 is 0 Å². The van der Waals surface area contributed by atoms with E-state index in [0.29, 0.717) is 46.0 Å². The number of aliphatic imine (C=N–C) groups is 1. The minimum atomic E-state index is -3.45. The van der Waals surface area contributed by atoms with E-state index in [0.717, 1.165) is 53.5 Å². The first-order valence-electron chi connectivity index (χ1n) is 14.4. The highest BCUT2D eigenvalue weighted by atomic mass is 32.2. The van der Waals surface area contributed by atoms with Gasteiger partial charge in [-0.25, -0.2) is 22.5 Å². The largest absolute Gasteiger partial charge is 0.376 e. The zero-order valence-corrected chi connectivity index (χ0v) is 25.0. The average molecular weight is 612 g/mol. The zero-order chi connectivity index (χ0) is 30.4. The number of halogens is 1. The van der Waals surface area contributed by atoms with Crippen LogP contribution in [0.4, 0.5) is 4.39 Å². The standard InChI is InChI=1S/C32H30FN7O3S/c1-18-6-8-34-16-23(18)26-14-22-24(17-36-26)29(27-5-3-4-10-43-27)39-30(22)32-38-25-7-9-35-28(31(25)40-32)20-11-19(12-21(33)13-20)15-37-44(2,41)42/h6-9,11-14,16-17,27,29,37H,3-5,10,15H2,1-2H3,(H,38,40). The van der Waals surface area contributed by atoms with Gasteiger partial charge in [-0.05, 0) is 73.7 Å². The molecule has 1 fully saturated rings. The van der Waals surface area contributed by atoms with Crippen molar-refractivity contribution in [3.8, 4) is 22.5 Å². The average Bonchev–Trinajstić information content (AvgIpc) is 3.61. The number of hydrogen-bond donors (Lipinski definition) is 2. The fourth-order valence-electron chi connectivity index (χ4n) is 5.91. The molecule has 6 heterocycles. The lowest BCUT2D eigenvalue weighted by atomic mass is 9.94. The number of rotatable bonds is 7. The van der Waals surface area contributed by atoms with Gasteiger partial charge in [0.1, 0.15) is 23.1 Å². The third-order valence-electron chi connectivity index (χ3n) is 8.05. The molecule has 0 aliphatic carbocycles. The number of aromatic nitrogens is 5. The predicted octanol–water partition coefficient (Wildman–Crippen LogP) is 5.04. The van der Waals surface area contributed by atoms with Gasteiger partial charge in [0.2, 0.25) is 10.0 Å². The lowest BCUT2D eigenvalue weighted by Crippen LogP contribution is -2.24. The second-order valence-corrected chi connectivity index (χ2v) is 13.1. The van der Waals surface area contributed by atoms with E-state index in [1.807, 2.05) is 37.5 Å². The molecule has 12 heteroatoms. The van der Waals surface area contributed by atoms with E-state index in [2.05, 4.69) is 19.7 Å². The number of aromatic amines is 1. The fourth-order valence-corrected chi connectivity index (χ4v) is 6.34. The van der Waals surface area contributed by atoms with Crippen molar-refractivity contribution in [1.82, 2.24) is 29.6 Å². The molecule has 7 rings (SSSR count). The number of nitrogens with zero attached hydrogens (tertiary/aromatic N) is 5. The maximum Gasteiger partial charge on any atom is 0.209 e. The van der Waals surface area contributed by atoms with Crippen LogP contribution in [-0.4, -0.2) is 58.0 Å². The molecule has 2 atom stereocenters. The summed E-state index contributed by atoms with van der Waals surface area (Å²) >= 11 is 0. The van der Waals surface area contributed by atoms with Gasteiger partial charge in [-0.1, -0.05) is 0 Å². The Morgan fingerprint density at radius 2 is 1.95 bits per heavy atom. The molecule has 10 nitrogen and oxygen atoms in total. The molecule has 2 N–H and O–H groups in total. The minimum Gasteiger partial charge on any atom is -0.376 e. The van der Waals surface area contributed by atoms with Crippen LogP contribution in [0.2, 0.25) is 0 Å². The van der Waals surface area contributed by atoms with Gasteiger partial charge in [0.25, 0.3) is 0 Å². The second-order valence-electron chi connectivity index (χ2n) is 11.3. The molecule has 4 aromatic heterocycles. The van der Waals surface area contributed by atoms with Gasteiger partial charge in [0.15, 0.2) is 5.82 Å². The van der Waals surface area contributed by atoms with Crippen molar-refractivity contribution in [3.63, 3.8) is 0 Å². The molecule has 0 saturated carbocycles. The van der Waals surface area contributed by atoms with E-state index in [9.17, 15) is 12.8 Å². The maximum atomic E-state index is 14.7. The summed E-state index contributed by atoms with van der Waals surface area (Å²) in [4.78, 5) is 27.2. The summed E-state index contributed by atoms with van der Waals surface area (Å²) in [7, 11) is -3.45. The molecule has 224 valence electrons. The Bertz CT molecular complexity index is 2040. The SMILES string of the molecule is Cc1ccncc1-c1cc2c(cn1)C(C1CCCCO1)N=C2c1nc2c(-c3cc(F)cc(CNS(C)(=O)=O)c3)nccc2[nH]1. The molecule has 44 heavy (non-hydrogen) atoms. The molecule has 0 bridgehead atoms. The number of imidazole rings is 1. The van der Waals surface area contributed by atoms with E-state index in [4.69, 9.17) is 19.7 Å². The van der Waals surface area contributed by atoms with Crippen molar-refractivity contribution < 1.29 is 17.5 Å². The summed E-state index contributed by atoms with van der Waals surface area (Å²) in [5.74, 6) is 0.0572. The van der Waals surface area contributed by atoms with Crippen molar-refractivity contribution >= 4 is 26.8 Å². The van der Waals surface area contributed by atoms with E-state index < -0.39 is 15.8 Å². The number of hydrogen-bond acceptors (Lipinski definition) is 8. The second kappa shape index (κ2) is 11.3. The van der Waals surface area contributed by atoms with Crippen molar-refractivity contribution in [1.29, 1.82) is 0 Å². The first kappa shape index (κ1) is 28.4. The van der Waals surface area contributed by atoms with Crippen LogP contribution in [0, 0.1) is 12.7 Å². The Kier molecular flexibility index (Phi) is 7.27. The fraction of sp³-hybridized carbons (Fsp3) is 0.281. The van der Waals surface area contributed by atoms with Crippen LogP contribution in [0.1, 0.15) is 53.4 Å². The summed E-state index contributed by atoms with van der Waals surface area (Å²) in [5.41, 5.74) is 8.09. The highest BCUT2D eigenvalue weighted by Crippen LogP contribution is 2.39. The molecule has 1 aromatic carbocycles. The molecule has 2 unspecified atom stereocenters. The maximum absolute atomic E-state index is 14.7. The third kappa shape index (κ3) is 5.51. The van der Waals surface area contributed by atoms with Gasteiger partial charge >= 0.3 is 0 Å². The summed E-state index contributed by atoms with van der Waals surface area (Å²) in [6, 6.07) is 9.98. The van der Waals surface area contributed by atoms with Crippen molar-refractivity contribution in [2.45, 2.75) is 44.9 Å².